The molecule has 0 bridgehead atoms. The molecular formula is C14H11Cl2NO2. The molecule has 1 amide bonds. The van der Waals surface area contributed by atoms with Gasteiger partial charge in [0, 0.05) is 21.2 Å². The molecule has 3 nitrogen and oxygen atoms in total. The molecule has 0 unspecified atom stereocenters. The van der Waals surface area contributed by atoms with Crippen molar-refractivity contribution in [2.24, 2.45) is 5.73 Å². The molecule has 19 heavy (non-hydrogen) atoms. The van der Waals surface area contributed by atoms with E-state index in [-0.39, 0.29) is 0 Å². The van der Waals surface area contributed by atoms with E-state index >= 15 is 0 Å². The van der Waals surface area contributed by atoms with E-state index in [9.17, 15) is 4.79 Å². The van der Waals surface area contributed by atoms with Gasteiger partial charge in [-0.1, -0.05) is 29.3 Å². The van der Waals surface area contributed by atoms with E-state index in [0.717, 1.165) is 5.56 Å². The fourth-order valence-corrected chi connectivity index (χ4v) is 1.98. The molecule has 0 spiro atoms. The molecule has 2 rings (SSSR count). The van der Waals surface area contributed by atoms with E-state index in [4.69, 9.17) is 33.7 Å². The summed E-state index contributed by atoms with van der Waals surface area (Å²) in [5.41, 5.74) is 6.43. The predicted octanol–water partition coefficient (Wildman–Crippen LogP) is 3.67. The first-order valence-electron chi connectivity index (χ1n) is 5.53. The molecule has 98 valence electrons. The van der Waals surface area contributed by atoms with Crippen molar-refractivity contribution in [2.75, 3.05) is 0 Å². The molecule has 2 N–H and O–H groups in total. The Kier molecular flexibility index (Phi) is 4.30. The topological polar surface area (TPSA) is 52.3 Å². The Morgan fingerprint density at radius 1 is 1.11 bits per heavy atom. The highest BCUT2D eigenvalue weighted by Gasteiger charge is 2.04. The maximum Gasteiger partial charge on any atom is 0.248 e. The molecular weight excluding hydrogens is 285 g/mol. The zero-order valence-corrected chi connectivity index (χ0v) is 11.4. The van der Waals surface area contributed by atoms with Crippen molar-refractivity contribution in [2.45, 2.75) is 6.61 Å². The van der Waals surface area contributed by atoms with Gasteiger partial charge in [-0.15, -0.1) is 0 Å². The first-order valence-corrected chi connectivity index (χ1v) is 6.28. The van der Waals surface area contributed by atoms with Gasteiger partial charge in [-0.05, 0) is 36.4 Å². The van der Waals surface area contributed by atoms with Crippen LogP contribution in [0.25, 0.3) is 0 Å². The maximum atomic E-state index is 10.9. The van der Waals surface area contributed by atoms with Crippen LogP contribution >= 0.6 is 23.2 Å². The van der Waals surface area contributed by atoms with Gasteiger partial charge in [0.25, 0.3) is 0 Å². The number of nitrogens with two attached hydrogens (primary N) is 1. The number of hydrogen-bond donors (Lipinski definition) is 1. The SMILES string of the molecule is NC(=O)c1ccc(OCc2ccc(Cl)cc2Cl)cc1. The van der Waals surface area contributed by atoms with Crippen LogP contribution < -0.4 is 10.5 Å². The largest absolute Gasteiger partial charge is 0.489 e. The van der Waals surface area contributed by atoms with Gasteiger partial charge in [-0.3, -0.25) is 4.79 Å². The number of hydrogen-bond acceptors (Lipinski definition) is 2. The first kappa shape index (κ1) is 13.7. The molecule has 2 aromatic carbocycles. The molecule has 0 heterocycles. The van der Waals surface area contributed by atoms with E-state index in [1.165, 1.54) is 0 Å². The Morgan fingerprint density at radius 2 is 1.79 bits per heavy atom. The van der Waals surface area contributed by atoms with Gasteiger partial charge in [0.1, 0.15) is 12.4 Å². The fraction of sp³-hybridized carbons (Fsp3) is 0.0714. The lowest BCUT2D eigenvalue weighted by Gasteiger charge is -2.08. The van der Waals surface area contributed by atoms with Crippen molar-refractivity contribution in [3.8, 4) is 5.75 Å². The number of halogens is 2. The van der Waals surface area contributed by atoms with E-state index < -0.39 is 5.91 Å². The van der Waals surface area contributed by atoms with E-state index in [1.54, 1.807) is 36.4 Å². The summed E-state index contributed by atoms with van der Waals surface area (Å²) in [6, 6.07) is 11.8. The van der Waals surface area contributed by atoms with Crippen molar-refractivity contribution in [3.05, 3.63) is 63.6 Å². The van der Waals surface area contributed by atoms with Crippen molar-refractivity contribution in [1.29, 1.82) is 0 Å². The summed E-state index contributed by atoms with van der Waals surface area (Å²) in [5.74, 6) is 0.170. The summed E-state index contributed by atoms with van der Waals surface area (Å²) >= 11 is 11.8. The van der Waals surface area contributed by atoms with Crippen LogP contribution in [0.15, 0.2) is 42.5 Å². The number of carbonyl (C=O) groups is 1. The molecule has 0 aliphatic carbocycles. The second kappa shape index (κ2) is 5.95. The highest BCUT2D eigenvalue weighted by Crippen LogP contribution is 2.22. The van der Waals surface area contributed by atoms with Gasteiger partial charge < -0.3 is 10.5 Å². The monoisotopic (exact) mass is 295 g/mol. The van der Waals surface area contributed by atoms with E-state index in [2.05, 4.69) is 0 Å². The second-order valence-electron chi connectivity index (χ2n) is 3.91. The summed E-state index contributed by atoms with van der Waals surface area (Å²) < 4.78 is 5.57. The fourth-order valence-electron chi connectivity index (χ4n) is 1.52. The average Bonchev–Trinajstić information content (AvgIpc) is 2.38. The minimum Gasteiger partial charge on any atom is -0.489 e. The third-order valence-corrected chi connectivity index (χ3v) is 3.14. The summed E-state index contributed by atoms with van der Waals surface area (Å²) in [4.78, 5) is 10.9. The van der Waals surface area contributed by atoms with Crippen molar-refractivity contribution in [3.63, 3.8) is 0 Å². The van der Waals surface area contributed by atoms with Gasteiger partial charge in [-0.2, -0.15) is 0 Å². The van der Waals surface area contributed by atoms with Gasteiger partial charge in [-0.25, -0.2) is 0 Å². The Bertz CT molecular complexity index is 597. The summed E-state index contributed by atoms with van der Waals surface area (Å²) in [6.07, 6.45) is 0. The lowest BCUT2D eigenvalue weighted by molar-refractivity contribution is 0.100. The third kappa shape index (κ3) is 3.63. The Balaban J connectivity index is 2.04. The molecule has 2 aromatic rings. The van der Waals surface area contributed by atoms with Crippen LogP contribution in [0.1, 0.15) is 15.9 Å². The molecule has 0 fully saturated rings. The number of primary amides is 1. The van der Waals surface area contributed by atoms with Crippen LogP contribution in [-0.4, -0.2) is 5.91 Å². The molecule has 0 aromatic heterocycles. The van der Waals surface area contributed by atoms with E-state index in [0.29, 0.717) is 28.0 Å². The zero-order chi connectivity index (χ0) is 13.8. The van der Waals surface area contributed by atoms with Crippen LogP contribution in [0.2, 0.25) is 10.0 Å². The van der Waals surface area contributed by atoms with Crippen LogP contribution in [0.5, 0.6) is 5.75 Å². The standard InChI is InChI=1S/C14H11Cl2NO2/c15-11-4-1-10(13(16)7-11)8-19-12-5-2-9(3-6-12)14(17)18/h1-7H,8H2,(H2,17,18). The Morgan fingerprint density at radius 3 is 2.37 bits per heavy atom. The van der Waals surface area contributed by atoms with Crippen molar-refractivity contribution in [1.82, 2.24) is 0 Å². The quantitative estimate of drug-likeness (QED) is 0.935. The van der Waals surface area contributed by atoms with E-state index in [1.807, 2.05) is 6.07 Å². The van der Waals surface area contributed by atoms with Crippen LogP contribution in [-0.2, 0) is 6.61 Å². The zero-order valence-electron chi connectivity index (χ0n) is 9.90. The van der Waals surface area contributed by atoms with Crippen molar-refractivity contribution < 1.29 is 9.53 Å². The first-order chi connectivity index (χ1) is 9.06. The average molecular weight is 296 g/mol. The van der Waals surface area contributed by atoms with Gasteiger partial charge in [0.15, 0.2) is 0 Å². The van der Waals surface area contributed by atoms with Crippen molar-refractivity contribution >= 4 is 29.1 Å². The smallest absolute Gasteiger partial charge is 0.248 e. The molecule has 0 radical (unpaired) electrons. The second-order valence-corrected chi connectivity index (χ2v) is 4.76. The minimum absolute atomic E-state index is 0.325. The lowest BCUT2D eigenvalue weighted by atomic mass is 10.2. The normalized spacial score (nSPS) is 10.2. The lowest BCUT2D eigenvalue weighted by Crippen LogP contribution is -2.10. The molecule has 0 atom stereocenters. The number of carbonyl (C=O) groups excluding carboxylic acids is 1. The number of benzene rings is 2. The minimum atomic E-state index is -0.465. The molecule has 0 aliphatic heterocycles. The molecule has 5 heteroatoms. The molecule has 0 aliphatic rings. The number of rotatable bonds is 4. The summed E-state index contributed by atoms with van der Waals surface area (Å²) in [6.45, 7) is 0.325. The Labute approximate surface area is 120 Å². The summed E-state index contributed by atoms with van der Waals surface area (Å²) in [7, 11) is 0. The third-order valence-electron chi connectivity index (χ3n) is 2.55. The van der Waals surface area contributed by atoms with Gasteiger partial charge >= 0.3 is 0 Å². The maximum absolute atomic E-state index is 10.9. The highest BCUT2D eigenvalue weighted by molar-refractivity contribution is 6.35. The molecule has 0 saturated carbocycles. The van der Waals surface area contributed by atoms with Crippen LogP contribution in [0, 0.1) is 0 Å². The highest BCUT2D eigenvalue weighted by atomic mass is 35.5. The predicted molar refractivity (Wildman–Crippen MR) is 75.8 cm³/mol. The number of amides is 1. The Hall–Kier alpha value is -1.71. The molecule has 0 saturated heterocycles. The van der Waals surface area contributed by atoms with Gasteiger partial charge in [0.05, 0.1) is 0 Å². The summed E-state index contributed by atoms with van der Waals surface area (Å²) in [5, 5.41) is 1.14. The van der Waals surface area contributed by atoms with Crippen LogP contribution in [0.3, 0.4) is 0 Å². The van der Waals surface area contributed by atoms with Crippen LogP contribution in [0.4, 0.5) is 0 Å². The number of ether oxygens (including phenoxy) is 1. The van der Waals surface area contributed by atoms with Gasteiger partial charge in [0.2, 0.25) is 5.91 Å².